The number of hydrogen-bond donors (Lipinski definition) is 2. The fourth-order valence-electron chi connectivity index (χ4n) is 0.971. The summed E-state index contributed by atoms with van der Waals surface area (Å²) >= 11 is 5.53. The minimum atomic E-state index is -4.89. The molecule has 0 radical (unpaired) electrons. The zero-order valence-electron chi connectivity index (χ0n) is 7.64. The number of halogens is 4. The zero-order chi connectivity index (χ0) is 12.3. The van der Waals surface area contributed by atoms with Crippen LogP contribution in [-0.2, 0) is 0 Å². The Bertz CT molecular complexity index is 409. The standard InChI is InChI=1S/C8H6ClF3N2O2/c9-4-1-2-6(16-8(10,11)12)5(3-4)7(15)14-13/h1-3H,13H2,(H,14,15). The van der Waals surface area contributed by atoms with Crippen molar-refractivity contribution in [3.8, 4) is 5.75 Å². The molecule has 0 unspecified atom stereocenters. The Hall–Kier alpha value is -1.47. The van der Waals surface area contributed by atoms with Crippen molar-refractivity contribution in [3.63, 3.8) is 0 Å². The van der Waals surface area contributed by atoms with Crippen molar-refractivity contribution in [2.45, 2.75) is 6.36 Å². The largest absolute Gasteiger partial charge is 0.573 e. The van der Waals surface area contributed by atoms with Crippen molar-refractivity contribution in [1.82, 2.24) is 5.43 Å². The monoisotopic (exact) mass is 254 g/mol. The van der Waals surface area contributed by atoms with Gasteiger partial charge >= 0.3 is 6.36 Å². The van der Waals surface area contributed by atoms with Gasteiger partial charge in [-0.2, -0.15) is 0 Å². The van der Waals surface area contributed by atoms with Crippen molar-refractivity contribution in [1.29, 1.82) is 0 Å². The predicted octanol–water partition coefficient (Wildman–Crippen LogP) is 1.84. The third-order valence-electron chi connectivity index (χ3n) is 1.54. The number of ether oxygens (including phenoxy) is 1. The maximum Gasteiger partial charge on any atom is 0.573 e. The van der Waals surface area contributed by atoms with E-state index < -0.39 is 23.6 Å². The van der Waals surface area contributed by atoms with Gasteiger partial charge in [0.2, 0.25) is 0 Å². The summed E-state index contributed by atoms with van der Waals surface area (Å²) in [6.45, 7) is 0. The second-order valence-corrected chi connectivity index (χ2v) is 3.10. The molecule has 1 aromatic carbocycles. The first-order chi connectivity index (χ1) is 7.33. The molecular weight excluding hydrogens is 249 g/mol. The van der Waals surface area contributed by atoms with E-state index in [2.05, 4.69) is 4.74 Å². The number of carbonyl (C=O) groups excluding carboxylic acids is 1. The number of hydrazine groups is 1. The van der Waals surface area contributed by atoms with Crippen LogP contribution in [0.4, 0.5) is 13.2 Å². The Morgan fingerprint density at radius 1 is 1.44 bits per heavy atom. The molecule has 88 valence electrons. The van der Waals surface area contributed by atoms with Crippen molar-refractivity contribution in [2.75, 3.05) is 0 Å². The molecule has 0 aromatic heterocycles. The average Bonchev–Trinajstić information content (AvgIpc) is 2.17. The maximum absolute atomic E-state index is 12.0. The van der Waals surface area contributed by atoms with Crippen LogP contribution in [-0.4, -0.2) is 12.3 Å². The van der Waals surface area contributed by atoms with Gasteiger partial charge in [-0.3, -0.25) is 10.2 Å². The number of nitrogen functional groups attached to an aromatic ring is 1. The molecule has 0 aliphatic rings. The van der Waals surface area contributed by atoms with Crippen LogP contribution < -0.4 is 16.0 Å². The topological polar surface area (TPSA) is 64.3 Å². The minimum Gasteiger partial charge on any atom is -0.405 e. The molecule has 0 spiro atoms. The molecule has 0 heterocycles. The molecule has 3 N–H and O–H groups in total. The molecule has 8 heteroatoms. The van der Waals surface area contributed by atoms with Crippen molar-refractivity contribution >= 4 is 17.5 Å². The Morgan fingerprint density at radius 2 is 2.06 bits per heavy atom. The van der Waals surface area contributed by atoms with Gasteiger partial charge < -0.3 is 4.74 Å². The quantitative estimate of drug-likeness (QED) is 0.481. The smallest absolute Gasteiger partial charge is 0.405 e. The molecule has 0 aliphatic carbocycles. The highest BCUT2D eigenvalue weighted by Crippen LogP contribution is 2.28. The van der Waals surface area contributed by atoms with Gasteiger partial charge in [-0.05, 0) is 18.2 Å². The Labute approximate surface area is 93.1 Å². The lowest BCUT2D eigenvalue weighted by molar-refractivity contribution is -0.274. The summed E-state index contributed by atoms with van der Waals surface area (Å²) in [6, 6.07) is 3.11. The van der Waals surface area contributed by atoms with E-state index in [0.717, 1.165) is 18.2 Å². The molecule has 0 aliphatic heterocycles. The van der Waals surface area contributed by atoms with E-state index in [4.69, 9.17) is 17.4 Å². The third kappa shape index (κ3) is 3.28. The summed E-state index contributed by atoms with van der Waals surface area (Å²) in [6.07, 6.45) is -4.89. The molecule has 1 rings (SSSR count). The molecular formula is C8H6ClF3N2O2. The van der Waals surface area contributed by atoms with Gasteiger partial charge in [0.1, 0.15) is 5.75 Å². The summed E-state index contributed by atoms with van der Waals surface area (Å²) in [5.41, 5.74) is 1.29. The minimum absolute atomic E-state index is 0.0909. The number of amides is 1. The molecule has 16 heavy (non-hydrogen) atoms. The Kier molecular flexibility index (Phi) is 3.61. The summed E-state index contributed by atoms with van der Waals surface area (Å²) in [7, 11) is 0. The summed E-state index contributed by atoms with van der Waals surface area (Å²) < 4.78 is 39.5. The normalized spacial score (nSPS) is 11.1. The first-order valence-corrected chi connectivity index (χ1v) is 4.27. The number of benzene rings is 1. The van der Waals surface area contributed by atoms with Gasteiger partial charge in [-0.25, -0.2) is 5.84 Å². The Morgan fingerprint density at radius 3 is 2.56 bits per heavy atom. The summed E-state index contributed by atoms with van der Waals surface area (Å²) in [4.78, 5) is 11.1. The summed E-state index contributed by atoms with van der Waals surface area (Å²) in [5.74, 6) is 3.21. The second-order valence-electron chi connectivity index (χ2n) is 2.66. The van der Waals surface area contributed by atoms with E-state index in [1.165, 1.54) is 0 Å². The van der Waals surface area contributed by atoms with Crippen LogP contribution in [0.5, 0.6) is 5.75 Å². The highest BCUT2D eigenvalue weighted by atomic mass is 35.5. The first kappa shape index (κ1) is 12.6. The fraction of sp³-hybridized carbons (Fsp3) is 0.125. The van der Waals surface area contributed by atoms with E-state index >= 15 is 0 Å². The number of rotatable bonds is 2. The molecule has 0 bridgehead atoms. The molecule has 0 saturated heterocycles. The van der Waals surface area contributed by atoms with Crippen molar-refractivity contribution in [2.24, 2.45) is 5.84 Å². The van der Waals surface area contributed by atoms with Gasteiger partial charge in [-0.1, -0.05) is 11.6 Å². The van der Waals surface area contributed by atoms with Crippen LogP contribution in [0.3, 0.4) is 0 Å². The molecule has 1 amide bonds. The molecule has 0 saturated carbocycles. The molecule has 0 fully saturated rings. The Balaban J connectivity index is 3.13. The van der Waals surface area contributed by atoms with E-state index in [0.29, 0.717) is 0 Å². The maximum atomic E-state index is 12.0. The number of nitrogens with one attached hydrogen (secondary N) is 1. The van der Waals surface area contributed by atoms with Crippen LogP contribution in [0.25, 0.3) is 0 Å². The third-order valence-corrected chi connectivity index (χ3v) is 1.78. The summed E-state index contributed by atoms with van der Waals surface area (Å²) in [5, 5.41) is 0.0909. The zero-order valence-corrected chi connectivity index (χ0v) is 8.39. The van der Waals surface area contributed by atoms with Crippen molar-refractivity contribution in [3.05, 3.63) is 28.8 Å². The average molecular weight is 255 g/mol. The lowest BCUT2D eigenvalue weighted by Crippen LogP contribution is -2.31. The SMILES string of the molecule is NNC(=O)c1cc(Cl)ccc1OC(F)(F)F. The van der Waals surface area contributed by atoms with Crippen LogP contribution in [0.2, 0.25) is 5.02 Å². The highest BCUT2D eigenvalue weighted by molar-refractivity contribution is 6.31. The van der Waals surface area contributed by atoms with Gasteiger partial charge in [0.15, 0.2) is 0 Å². The lowest BCUT2D eigenvalue weighted by atomic mass is 10.2. The van der Waals surface area contributed by atoms with Crippen molar-refractivity contribution < 1.29 is 22.7 Å². The highest BCUT2D eigenvalue weighted by Gasteiger charge is 2.32. The van der Waals surface area contributed by atoms with E-state index in [1.54, 1.807) is 5.43 Å². The predicted molar refractivity (Wildman–Crippen MR) is 49.8 cm³/mol. The fourth-order valence-corrected chi connectivity index (χ4v) is 1.14. The van der Waals surface area contributed by atoms with Crippen LogP contribution in [0, 0.1) is 0 Å². The molecule has 4 nitrogen and oxygen atoms in total. The van der Waals surface area contributed by atoms with E-state index in [1.807, 2.05) is 0 Å². The number of carbonyl (C=O) groups is 1. The van der Waals surface area contributed by atoms with Crippen LogP contribution >= 0.6 is 11.6 Å². The van der Waals surface area contributed by atoms with E-state index in [-0.39, 0.29) is 5.02 Å². The van der Waals surface area contributed by atoms with Crippen LogP contribution in [0.1, 0.15) is 10.4 Å². The molecule has 0 atom stereocenters. The van der Waals surface area contributed by atoms with Gasteiger partial charge in [0.25, 0.3) is 5.91 Å². The van der Waals surface area contributed by atoms with Gasteiger partial charge in [0, 0.05) is 5.02 Å². The second kappa shape index (κ2) is 4.58. The number of nitrogens with two attached hydrogens (primary N) is 1. The van der Waals surface area contributed by atoms with E-state index in [9.17, 15) is 18.0 Å². The van der Waals surface area contributed by atoms with Gasteiger partial charge in [0.05, 0.1) is 5.56 Å². The number of hydrogen-bond acceptors (Lipinski definition) is 3. The lowest BCUT2D eigenvalue weighted by Gasteiger charge is -2.12. The van der Waals surface area contributed by atoms with Crippen LogP contribution in [0.15, 0.2) is 18.2 Å². The number of alkyl halides is 3. The molecule has 1 aromatic rings. The van der Waals surface area contributed by atoms with Gasteiger partial charge in [-0.15, -0.1) is 13.2 Å². The first-order valence-electron chi connectivity index (χ1n) is 3.90.